The van der Waals surface area contributed by atoms with E-state index in [1.807, 2.05) is 0 Å². The second-order valence-electron chi connectivity index (χ2n) is 4.01. The highest BCUT2D eigenvalue weighted by molar-refractivity contribution is 9.10. The van der Waals surface area contributed by atoms with Crippen LogP contribution in [0.1, 0.15) is 12.8 Å². The summed E-state index contributed by atoms with van der Waals surface area (Å²) in [6, 6.07) is 0. The Labute approximate surface area is 103 Å². The maximum absolute atomic E-state index is 9.07. The van der Waals surface area contributed by atoms with Crippen LogP contribution in [0.25, 0.3) is 0 Å². The van der Waals surface area contributed by atoms with Gasteiger partial charge < -0.3 is 15.7 Å². The van der Waals surface area contributed by atoms with Crippen molar-refractivity contribution in [2.24, 2.45) is 5.92 Å². The molecule has 0 spiro atoms. The molecule has 1 aliphatic heterocycles. The minimum absolute atomic E-state index is 0.279. The van der Waals surface area contributed by atoms with Gasteiger partial charge in [-0.2, -0.15) is 4.98 Å². The van der Waals surface area contributed by atoms with Gasteiger partial charge >= 0.3 is 0 Å². The van der Waals surface area contributed by atoms with Gasteiger partial charge in [-0.15, -0.1) is 0 Å². The molecule has 0 bridgehead atoms. The summed E-state index contributed by atoms with van der Waals surface area (Å²) in [5.41, 5.74) is 5.58. The van der Waals surface area contributed by atoms with Crippen molar-refractivity contribution in [3.8, 4) is 0 Å². The van der Waals surface area contributed by atoms with Crippen LogP contribution < -0.4 is 10.6 Å². The quantitative estimate of drug-likeness (QED) is 0.849. The summed E-state index contributed by atoms with van der Waals surface area (Å²) in [7, 11) is 0. The lowest BCUT2D eigenvalue weighted by molar-refractivity contribution is 0.202. The number of aliphatic hydroxyl groups excluding tert-OH is 1. The lowest BCUT2D eigenvalue weighted by atomic mass is 9.98. The molecule has 0 radical (unpaired) electrons. The average Bonchev–Trinajstić information content (AvgIpc) is 2.32. The van der Waals surface area contributed by atoms with Crippen molar-refractivity contribution < 1.29 is 5.11 Å². The van der Waals surface area contributed by atoms with E-state index < -0.39 is 0 Å². The predicted molar refractivity (Wildman–Crippen MR) is 66.2 cm³/mol. The molecule has 5 nitrogen and oxygen atoms in total. The third kappa shape index (κ3) is 2.44. The summed E-state index contributed by atoms with van der Waals surface area (Å²) in [4.78, 5) is 10.3. The fraction of sp³-hybridized carbons (Fsp3) is 0.600. The van der Waals surface area contributed by atoms with E-state index in [0.29, 0.717) is 11.9 Å². The maximum atomic E-state index is 9.07. The Bertz CT molecular complexity index is 366. The number of nitrogens with two attached hydrogens (primary N) is 1. The summed E-state index contributed by atoms with van der Waals surface area (Å²) in [6.45, 7) is 2.08. The minimum Gasteiger partial charge on any atom is -0.396 e. The molecule has 0 aliphatic carbocycles. The topological polar surface area (TPSA) is 75.3 Å². The number of piperidine rings is 1. The van der Waals surface area contributed by atoms with E-state index in [1.165, 1.54) is 0 Å². The highest BCUT2D eigenvalue weighted by atomic mass is 79.9. The molecule has 16 heavy (non-hydrogen) atoms. The molecule has 0 atom stereocenters. The second-order valence-corrected chi connectivity index (χ2v) is 4.87. The molecule has 1 fully saturated rings. The third-order valence-electron chi connectivity index (χ3n) is 2.92. The molecule has 3 N–H and O–H groups in total. The van der Waals surface area contributed by atoms with Crippen molar-refractivity contribution in [1.82, 2.24) is 9.97 Å². The van der Waals surface area contributed by atoms with Gasteiger partial charge in [0.2, 0.25) is 5.95 Å². The van der Waals surface area contributed by atoms with Crippen molar-refractivity contribution in [1.29, 1.82) is 0 Å². The summed E-state index contributed by atoms with van der Waals surface area (Å²) in [5, 5.41) is 9.07. The first-order valence-corrected chi connectivity index (χ1v) is 6.14. The van der Waals surface area contributed by atoms with E-state index in [4.69, 9.17) is 10.8 Å². The Morgan fingerprint density at radius 2 is 2.19 bits per heavy atom. The van der Waals surface area contributed by atoms with Crippen LogP contribution in [0.2, 0.25) is 0 Å². The van der Waals surface area contributed by atoms with Gasteiger partial charge in [0.05, 0.1) is 4.47 Å². The first-order chi connectivity index (χ1) is 7.70. The first-order valence-electron chi connectivity index (χ1n) is 5.34. The van der Waals surface area contributed by atoms with Crippen molar-refractivity contribution in [2.75, 3.05) is 30.3 Å². The molecular formula is C10H15BrN4O. The lowest BCUT2D eigenvalue weighted by Gasteiger charge is -2.32. The van der Waals surface area contributed by atoms with Crippen LogP contribution in [0.5, 0.6) is 0 Å². The van der Waals surface area contributed by atoms with Gasteiger partial charge in [0.15, 0.2) is 0 Å². The van der Waals surface area contributed by atoms with Crippen molar-refractivity contribution in [3.05, 3.63) is 10.7 Å². The molecule has 6 heteroatoms. The lowest BCUT2D eigenvalue weighted by Crippen LogP contribution is -2.35. The van der Waals surface area contributed by atoms with Gasteiger partial charge in [-0.1, -0.05) is 0 Å². The number of rotatable bonds is 2. The van der Waals surface area contributed by atoms with Crippen LogP contribution >= 0.6 is 15.9 Å². The molecule has 88 valence electrons. The van der Waals surface area contributed by atoms with Gasteiger partial charge in [0.1, 0.15) is 5.82 Å². The number of aliphatic hydroxyl groups is 1. The fourth-order valence-corrected chi connectivity index (χ4v) is 2.36. The van der Waals surface area contributed by atoms with Crippen LogP contribution in [0.3, 0.4) is 0 Å². The van der Waals surface area contributed by atoms with Crippen LogP contribution in [-0.4, -0.2) is 34.8 Å². The number of nitrogens with zero attached hydrogens (tertiary/aromatic N) is 3. The highest BCUT2D eigenvalue weighted by Crippen LogP contribution is 2.27. The smallest absolute Gasteiger partial charge is 0.222 e. The number of hydrogen-bond donors (Lipinski definition) is 2. The standard InChI is InChI=1S/C10H15BrN4O/c11-8-5-13-10(12)14-9(8)15-3-1-7(6-16)2-4-15/h5,7,16H,1-4,6H2,(H2,12,13,14). The van der Waals surface area contributed by atoms with Gasteiger partial charge in [-0.25, -0.2) is 4.98 Å². The van der Waals surface area contributed by atoms with Crippen molar-refractivity contribution in [2.45, 2.75) is 12.8 Å². The van der Waals surface area contributed by atoms with Crippen LogP contribution in [-0.2, 0) is 0 Å². The normalized spacial score (nSPS) is 17.8. The number of nitrogen functional groups attached to an aromatic ring is 1. The van der Waals surface area contributed by atoms with Gasteiger partial charge in [0, 0.05) is 25.9 Å². The Morgan fingerprint density at radius 1 is 1.50 bits per heavy atom. The van der Waals surface area contributed by atoms with E-state index in [2.05, 4.69) is 30.8 Å². The van der Waals surface area contributed by atoms with Crippen molar-refractivity contribution in [3.63, 3.8) is 0 Å². The maximum Gasteiger partial charge on any atom is 0.222 e. The van der Waals surface area contributed by atoms with E-state index in [1.54, 1.807) is 6.20 Å². The number of hydrogen-bond acceptors (Lipinski definition) is 5. The minimum atomic E-state index is 0.279. The Balaban J connectivity index is 2.10. The zero-order chi connectivity index (χ0) is 11.5. The van der Waals surface area contributed by atoms with E-state index in [9.17, 15) is 0 Å². The monoisotopic (exact) mass is 286 g/mol. The van der Waals surface area contributed by atoms with E-state index in [0.717, 1.165) is 36.2 Å². The molecule has 1 aromatic heterocycles. The van der Waals surface area contributed by atoms with Gasteiger partial charge in [0.25, 0.3) is 0 Å². The first kappa shape index (κ1) is 11.6. The largest absolute Gasteiger partial charge is 0.396 e. The van der Waals surface area contributed by atoms with Crippen LogP contribution in [0.15, 0.2) is 10.7 Å². The van der Waals surface area contributed by atoms with Gasteiger partial charge in [-0.3, -0.25) is 0 Å². The fourth-order valence-electron chi connectivity index (χ4n) is 1.92. The van der Waals surface area contributed by atoms with Gasteiger partial charge in [-0.05, 0) is 34.7 Å². The van der Waals surface area contributed by atoms with E-state index >= 15 is 0 Å². The molecule has 2 rings (SSSR count). The Kier molecular flexibility index (Phi) is 3.60. The Hall–Kier alpha value is -0.880. The third-order valence-corrected chi connectivity index (χ3v) is 3.48. The molecule has 1 aliphatic rings. The molecule has 0 saturated carbocycles. The zero-order valence-electron chi connectivity index (χ0n) is 8.93. The zero-order valence-corrected chi connectivity index (χ0v) is 10.5. The summed E-state index contributed by atoms with van der Waals surface area (Å²) < 4.78 is 0.865. The summed E-state index contributed by atoms with van der Waals surface area (Å²) >= 11 is 3.43. The average molecular weight is 287 g/mol. The van der Waals surface area contributed by atoms with Crippen LogP contribution in [0, 0.1) is 5.92 Å². The summed E-state index contributed by atoms with van der Waals surface area (Å²) in [6.07, 6.45) is 3.66. The molecule has 2 heterocycles. The molecule has 1 aromatic rings. The highest BCUT2D eigenvalue weighted by Gasteiger charge is 2.21. The SMILES string of the molecule is Nc1ncc(Br)c(N2CCC(CO)CC2)n1. The predicted octanol–water partition coefficient (Wildman–Crippen LogP) is 1.03. The molecule has 0 amide bonds. The molecule has 0 unspecified atom stereocenters. The summed E-state index contributed by atoms with van der Waals surface area (Å²) in [5.74, 6) is 1.57. The van der Waals surface area contributed by atoms with Crippen molar-refractivity contribution >= 4 is 27.7 Å². The number of halogens is 1. The van der Waals surface area contributed by atoms with E-state index in [-0.39, 0.29) is 6.61 Å². The van der Waals surface area contributed by atoms with Crippen LogP contribution in [0.4, 0.5) is 11.8 Å². The molecule has 0 aromatic carbocycles. The second kappa shape index (κ2) is 4.97. The Morgan fingerprint density at radius 3 is 2.81 bits per heavy atom. The number of aromatic nitrogens is 2. The number of anilines is 2. The molecule has 1 saturated heterocycles. The molecular weight excluding hydrogens is 272 g/mol.